The number of halogens is 3. The van der Waals surface area contributed by atoms with E-state index in [-0.39, 0.29) is 23.7 Å². The second-order valence-corrected chi connectivity index (χ2v) is 8.76. The molecule has 1 saturated heterocycles. The number of anilines is 1. The number of hydrogen-bond acceptors (Lipinski definition) is 4. The minimum absolute atomic E-state index is 0.00375. The molecular weight excluding hydrogens is 460 g/mol. The number of methoxy groups -OCH3 is 1. The predicted molar refractivity (Wildman–Crippen MR) is 123 cm³/mol. The van der Waals surface area contributed by atoms with E-state index in [0.29, 0.717) is 27.3 Å². The van der Waals surface area contributed by atoms with Gasteiger partial charge in [0.05, 0.1) is 17.9 Å². The Bertz CT molecular complexity index is 1090. The van der Waals surface area contributed by atoms with E-state index in [1.807, 2.05) is 18.2 Å². The molecule has 0 unspecified atom stereocenters. The van der Waals surface area contributed by atoms with Gasteiger partial charge in [-0.25, -0.2) is 4.39 Å². The highest BCUT2D eigenvalue weighted by molar-refractivity contribution is 8.00. The molecular formula is C23H18Cl2FNO3S. The van der Waals surface area contributed by atoms with Gasteiger partial charge in [0.2, 0.25) is 5.91 Å². The first-order chi connectivity index (χ1) is 15.0. The Labute approximate surface area is 193 Å². The molecule has 0 bridgehead atoms. The zero-order chi connectivity index (χ0) is 22.0. The Morgan fingerprint density at radius 3 is 2.48 bits per heavy atom. The third-order valence-electron chi connectivity index (χ3n) is 4.81. The van der Waals surface area contributed by atoms with Gasteiger partial charge in [0.25, 0.3) is 0 Å². The van der Waals surface area contributed by atoms with Crippen LogP contribution in [0.25, 0.3) is 0 Å². The van der Waals surface area contributed by atoms with E-state index < -0.39 is 0 Å². The van der Waals surface area contributed by atoms with Crippen molar-refractivity contribution >= 4 is 46.6 Å². The molecule has 1 aliphatic heterocycles. The van der Waals surface area contributed by atoms with E-state index in [1.165, 1.54) is 31.0 Å². The third-order valence-corrected chi connectivity index (χ3v) is 6.55. The molecule has 1 amide bonds. The van der Waals surface area contributed by atoms with Gasteiger partial charge >= 0.3 is 0 Å². The van der Waals surface area contributed by atoms with E-state index in [1.54, 1.807) is 35.2 Å². The van der Waals surface area contributed by atoms with Gasteiger partial charge in [0.15, 0.2) is 11.5 Å². The average molecular weight is 478 g/mol. The van der Waals surface area contributed by atoms with Gasteiger partial charge in [-0.1, -0.05) is 35.3 Å². The Balaban J connectivity index is 1.61. The van der Waals surface area contributed by atoms with Crippen LogP contribution >= 0.6 is 35.0 Å². The Hall–Kier alpha value is -2.41. The van der Waals surface area contributed by atoms with Gasteiger partial charge in [-0.15, -0.1) is 11.8 Å². The lowest BCUT2D eigenvalue weighted by molar-refractivity contribution is -0.115. The maximum Gasteiger partial charge on any atom is 0.238 e. The summed E-state index contributed by atoms with van der Waals surface area (Å²) < 4.78 is 24.5. The summed E-state index contributed by atoms with van der Waals surface area (Å²) in [4.78, 5) is 14.3. The summed E-state index contributed by atoms with van der Waals surface area (Å²) in [6, 6.07) is 16.8. The summed E-state index contributed by atoms with van der Waals surface area (Å²) in [5.41, 5.74) is 2.38. The van der Waals surface area contributed by atoms with Crippen LogP contribution in [0, 0.1) is 5.82 Å². The molecule has 0 aliphatic carbocycles. The standard InChI is InChI=1S/C23H18Cl2FNO3S/c1-29-20-11-15(10-19(25)22(20)30-12-14-2-6-17(26)7-3-14)23-27(21(28)13-31-23)18-8-4-16(24)5-9-18/h2-11,23H,12-13H2,1H3/t23-/m0/s1. The highest BCUT2D eigenvalue weighted by atomic mass is 35.5. The second kappa shape index (κ2) is 9.39. The Morgan fingerprint density at radius 2 is 1.81 bits per heavy atom. The molecule has 3 aromatic rings. The lowest BCUT2D eigenvalue weighted by atomic mass is 10.1. The van der Waals surface area contributed by atoms with Gasteiger partial charge in [0, 0.05) is 10.7 Å². The van der Waals surface area contributed by atoms with E-state index in [4.69, 9.17) is 32.7 Å². The number of carbonyl (C=O) groups is 1. The van der Waals surface area contributed by atoms with E-state index >= 15 is 0 Å². The van der Waals surface area contributed by atoms with Crippen molar-refractivity contribution in [2.24, 2.45) is 0 Å². The number of carbonyl (C=O) groups excluding carboxylic acids is 1. The number of nitrogens with zero attached hydrogens (tertiary/aromatic N) is 1. The molecule has 31 heavy (non-hydrogen) atoms. The molecule has 4 rings (SSSR count). The van der Waals surface area contributed by atoms with Gasteiger partial charge < -0.3 is 9.47 Å². The third kappa shape index (κ3) is 4.76. The molecule has 3 aromatic carbocycles. The minimum Gasteiger partial charge on any atom is -0.493 e. The maximum atomic E-state index is 13.1. The number of amides is 1. The molecule has 0 spiro atoms. The molecule has 1 fully saturated rings. The molecule has 4 nitrogen and oxygen atoms in total. The normalized spacial score (nSPS) is 15.9. The van der Waals surface area contributed by atoms with Crippen molar-refractivity contribution in [1.82, 2.24) is 0 Å². The van der Waals surface area contributed by atoms with Crippen molar-refractivity contribution in [2.45, 2.75) is 12.0 Å². The van der Waals surface area contributed by atoms with Crippen LogP contribution in [0.3, 0.4) is 0 Å². The van der Waals surface area contributed by atoms with E-state index in [9.17, 15) is 9.18 Å². The summed E-state index contributed by atoms with van der Waals surface area (Å²) in [6.45, 7) is 0.212. The SMILES string of the molecule is COc1cc([C@@H]2SCC(=O)N2c2ccc(Cl)cc2)cc(Cl)c1OCc1ccc(F)cc1. The Morgan fingerprint density at radius 1 is 1.10 bits per heavy atom. The summed E-state index contributed by atoms with van der Waals surface area (Å²) in [7, 11) is 1.53. The van der Waals surface area contributed by atoms with Gasteiger partial charge in [-0.05, 0) is 59.7 Å². The molecule has 0 aromatic heterocycles. The first-order valence-electron chi connectivity index (χ1n) is 9.40. The molecule has 1 heterocycles. The fourth-order valence-electron chi connectivity index (χ4n) is 3.31. The molecule has 8 heteroatoms. The fraction of sp³-hybridized carbons (Fsp3) is 0.174. The Kier molecular flexibility index (Phi) is 6.60. The molecule has 160 valence electrons. The monoisotopic (exact) mass is 477 g/mol. The smallest absolute Gasteiger partial charge is 0.238 e. The summed E-state index contributed by atoms with van der Waals surface area (Å²) in [5.74, 6) is 0.905. The van der Waals surface area contributed by atoms with Crippen LogP contribution in [0.5, 0.6) is 11.5 Å². The van der Waals surface area contributed by atoms with Gasteiger partial charge in [0.1, 0.15) is 17.8 Å². The van der Waals surface area contributed by atoms with Crippen molar-refractivity contribution in [3.63, 3.8) is 0 Å². The van der Waals surface area contributed by atoms with Crippen LogP contribution in [0.15, 0.2) is 60.7 Å². The minimum atomic E-state index is -0.308. The quantitative estimate of drug-likeness (QED) is 0.406. The second-order valence-electron chi connectivity index (χ2n) is 6.85. The van der Waals surface area contributed by atoms with Crippen LogP contribution < -0.4 is 14.4 Å². The van der Waals surface area contributed by atoms with Crippen molar-refractivity contribution in [1.29, 1.82) is 0 Å². The van der Waals surface area contributed by atoms with Crippen LogP contribution in [0.2, 0.25) is 10.0 Å². The lowest BCUT2D eigenvalue weighted by Gasteiger charge is -2.25. The zero-order valence-corrected chi connectivity index (χ0v) is 18.8. The summed E-state index contributed by atoms with van der Waals surface area (Å²) in [6.07, 6.45) is 0. The molecule has 1 atom stereocenters. The fourth-order valence-corrected chi connectivity index (χ4v) is 4.87. The van der Waals surface area contributed by atoms with E-state index in [0.717, 1.165) is 16.8 Å². The van der Waals surface area contributed by atoms with Crippen LogP contribution in [0.4, 0.5) is 10.1 Å². The van der Waals surface area contributed by atoms with Gasteiger partial charge in [-0.3, -0.25) is 9.69 Å². The zero-order valence-electron chi connectivity index (χ0n) is 16.5. The number of benzene rings is 3. The van der Waals surface area contributed by atoms with Crippen LogP contribution in [-0.2, 0) is 11.4 Å². The first-order valence-corrected chi connectivity index (χ1v) is 11.2. The highest BCUT2D eigenvalue weighted by Crippen LogP contribution is 2.46. The van der Waals surface area contributed by atoms with Crippen LogP contribution in [0.1, 0.15) is 16.5 Å². The number of thioether (sulfide) groups is 1. The average Bonchev–Trinajstić information content (AvgIpc) is 3.15. The molecule has 0 radical (unpaired) electrons. The van der Waals surface area contributed by atoms with Crippen molar-refractivity contribution in [3.05, 3.63) is 87.7 Å². The summed E-state index contributed by atoms with van der Waals surface area (Å²) in [5, 5.41) is 0.714. The van der Waals surface area contributed by atoms with Crippen molar-refractivity contribution in [2.75, 3.05) is 17.8 Å². The summed E-state index contributed by atoms with van der Waals surface area (Å²) >= 11 is 14.0. The largest absolute Gasteiger partial charge is 0.493 e. The maximum absolute atomic E-state index is 13.1. The highest BCUT2D eigenvalue weighted by Gasteiger charge is 2.35. The molecule has 0 N–H and O–H groups in total. The topological polar surface area (TPSA) is 38.8 Å². The van der Waals surface area contributed by atoms with Crippen molar-refractivity contribution in [3.8, 4) is 11.5 Å². The molecule has 0 saturated carbocycles. The van der Waals surface area contributed by atoms with Crippen LogP contribution in [-0.4, -0.2) is 18.8 Å². The van der Waals surface area contributed by atoms with Gasteiger partial charge in [-0.2, -0.15) is 0 Å². The predicted octanol–water partition coefficient (Wildman–Crippen LogP) is 6.50. The lowest BCUT2D eigenvalue weighted by Crippen LogP contribution is -2.27. The molecule has 1 aliphatic rings. The first kappa shape index (κ1) is 21.8. The van der Waals surface area contributed by atoms with Crippen molar-refractivity contribution < 1.29 is 18.7 Å². The van der Waals surface area contributed by atoms with E-state index in [2.05, 4.69) is 0 Å². The number of ether oxygens (including phenoxy) is 2. The number of rotatable bonds is 6. The number of hydrogen-bond donors (Lipinski definition) is 0.